The van der Waals surface area contributed by atoms with Crippen LogP contribution in [0.3, 0.4) is 0 Å². The predicted molar refractivity (Wildman–Crippen MR) is 77.1 cm³/mol. The third-order valence-corrected chi connectivity index (χ3v) is 4.32. The fourth-order valence-electron chi connectivity index (χ4n) is 2.51. The number of hydrogen-bond donors (Lipinski definition) is 0. The molecule has 0 N–H and O–H groups in total. The SMILES string of the molecule is CCOc1nnc(CN2CCC[C@@H]2c2noc(CC)n2)s1. The fourth-order valence-corrected chi connectivity index (χ4v) is 3.28. The Hall–Kier alpha value is -1.54. The molecule has 21 heavy (non-hydrogen) atoms. The Kier molecular flexibility index (Phi) is 4.45. The minimum Gasteiger partial charge on any atom is -0.469 e. The van der Waals surface area contributed by atoms with Crippen molar-refractivity contribution in [2.45, 2.75) is 45.7 Å². The van der Waals surface area contributed by atoms with Gasteiger partial charge in [0.15, 0.2) is 5.82 Å². The minimum atomic E-state index is 0.216. The first-order valence-electron chi connectivity index (χ1n) is 7.31. The molecule has 3 heterocycles. The number of aromatic nitrogens is 4. The molecule has 1 saturated heterocycles. The van der Waals surface area contributed by atoms with Crippen molar-refractivity contribution in [2.75, 3.05) is 13.2 Å². The lowest BCUT2D eigenvalue weighted by atomic mass is 10.2. The highest BCUT2D eigenvalue weighted by Crippen LogP contribution is 2.32. The summed E-state index contributed by atoms with van der Waals surface area (Å²) in [4.78, 5) is 6.79. The molecule has 2 aromatic rings. The minimum absolute atomic E-state index is 0.216. The zero-order valence-corrected chi connectivity index (χ0v) is 13.1. The zero-order valence-electron chi connectivity index (χ0n) is 12.3. The van der Waals surface area contributed by atoms with Crippen molar-refractivity contribution in [1.82, 2.24) is 25.2 Å². The first-order valence-corrected chi connectivity index (χ1v) is 8.13. The fraction of sp³-hybridized carbons (Fsp3) is 0.692. The molecular weight excluding hydrogens is 290 g/mol. The lowest BCUT2D eigenvalue weighted by molar-refractivity contribution is 0.233. The van der Waals surface area contributed by atoms with Crippen molar-refractivity contribution in [3.63, 3.8) is 0 Å². The van der Waals surface area contributed by atoms with Gasteiger partial charge >= 0.3 is 0 Å². The molecule has 1 aliphatic rings. The third-order valence-electron chi connectivity index (χ3n) is 3.50. The third kappa shape index (κ3) is 3.21. The Morgan fingerprint density at radius 1 is 1.38 bits per heavy atom. The van der Waals surface area contributed by atoms with E-state index in [2.05, 4.69) is 25.2 Å². The molecule has 0 unspecified atom stereocenters. The molecule has 1 atom stereocenters. The first kappa shape index (κ1) is 14.4. The van der Waals surface area contributed by atoms with Crippen LogP contribution >= 0.6 is 11.3 Å². The smallest absolute Gasteiger partial charge is 0.294 e. The van der Waals surface area contributed by atoms with Gasteiger partial charge in [0.05, 0.1) is 19.2 Å². The van der Waals surface area contributed by atoms with Crippen LogP contribution in [0.4, 0.5) is 0 Å². The van der Waals surface area contributed by atoms with E-state index in [0.29, 0.717) is 17.7 Å². The van der Waals surface area contributed by atoms with Crippen LogP contribution in [-0.4, -0.2) is 38.4 Å². The van der Waals surface area contributed by atoms with Crippen LogP contribution in [0, 0.1) is 0 Å². The van der Waals surface area contributed by atoms with Crippen LogP contribution in [0.15, 0.2) is 4.52 Å². The number of aryl methyl sites for hydroxylation is 1. The van der Waals surface area contributed by atoms with Gasteiger partial charge in [0.2, 0.25) is 5.89 Å². The zero-order chi connectivity index (χ0) is 14.7. The molecule has 0 aliphatic carbocycles. The van der Waals surface area contributed by atoms with E-state index in [1.165, 1.54) is 11.3 Å². The lowest BCUT2D eigenvalue weighted by Crippen LogP contribution is -2.23. The first-order chi connectivity index (χ1) is 10.3. The van der Waals surface area contributed by atoms with E-state index >= 15 is 0 Å². The van der Waals surface area contributed by atoms with Gasteiger partial charge in [-0.15, -0.1) is 10.2 Å². The molecule has 0 radical (unpaired) electrons. The van der Waals surface area contributed by atoms with E-state index in [0.717, 1.165) is 43.2 Å². The number of ether oxygens (including phenoxy) is 1. The molecule has 0 saturated carbocycles. The Bertz CT molecular complexity index is 585. The van der Waals surface area contributed by atoms with Crippen LogP contribution in [0.25, 0.3) is 0 Å². The standard InChI is InChI=1S/C13H19N5O2S/c1-3-10-14-12(17-20-10)9-6-5-7-18(9)8-11-15-16-13(21-11)19-4-2/h9H,3-8H2,1-2H3/t9-/m1/s1. The molecule has 2 aromatic heterocycles. The van der Waals surface area contributed by atoms with E-state index in [1.54, 1.807) is 0 Å². The van der Waals surface area contributed by atoms with Crippen LogP contribution in [0.1, 0.15) is 49.5 Å². The quantitative estimate of drug-likeness (QED) is 0.809. The van der Waals surface area contributed by atoms with Crippen LogP contribution in [0.2, 0.25) is 0 Å². The summed E-state index contributed by atoms with van der Waals surface area (Å²) in [6.45, 7) is 6.35. The number of likely N-dealkylation sites (tertiary alicyclic amines) is 1. The molecule has 1 aliphatic heterocycles. The number of hydrogen-bond acceptors (Lipinski definition) is 8. The van der Waals surface area contributed by atoms with Crippen LogP contribution in [0.5, 0.6) is 5.19 Å². The molecular formula is C13H19N5O2S. The van der Waals surface area contributed by atoms with Crippen molar-refractivity contribution < 1.29 is 9.26 Å². The molecule has 1 fully saturated rings. The van der Waals surface area contributed by atoms with Gasteiger partial charge in [0.1, 0.15) is 5.01 Å². The van der Waals surface area contributed by atoms with Gasteiger partial charge in [0, 0.05) is 6.42 Å². The van der Waals surface area contributed by atoms with Crippen LogP contribution in [-0.2, 0) is 13.0 Å². The summed E-state index contributed by atoms with van der Waals surface area (Å²) in [7, 11) is 0. The highest BCUT2D eigenvalue weighted by atomic mass is 32.1. The highest BCUT2D eigenvalue weighted by Gasteiger charge is 2.30. The molecule has 7 nitrogen and oxygen atoms in total. The molecule has 0 amide bonds. The Morgan fingerprint density at radius 3 is 3.05 bits per heavy atom. The van der Waals surface area contributed by atoms with Gasteiger partial charge in [-0.25, -0.2) is 0 Å². The topological polar surface area (TPSA) is 77.2 Å². The summed E-state index contributed by atoms with van der Waals surface area (Å²) in [5.74, 6) is 1.49. The van der Waals surface area contributed by atoms with Crippen molar-refractivity contribution in [2.24, 2.45) is 0 Å². The van der Waals surface area contributed by atoms with Crippen molar-refractivity contribution in [3.05, 3.63) is 16.7 Å². The molecule has 0 bridgehead atoms. The van der Waals surface area contributed by atoms with E-state index < -0.39 is 0 Å². The summed E-state index contributed by atoms with van der Waals surface area (Å²) < 4.78 is 10.6. The Labute approximate surface area is 127 Å². The maximum atomic E-state index is 5.37. The Balaban J connectivity index is 1.68. The van der Waals surface area contributed by atoms with Crippen molar-refractivity contribution >= 4 is 11.3 Å². The summed E-state index contributed by atoms with van der Waals surface area (Å²) in [5, 5.41) is 13.9. The average molecular weight is 309 g/mol. The van der Waals surface area contributed by atoms with E-state index in [4.69, 9.17) is 9.26 Å². The molecule has 8 heteroatoms. The Morgan fingerprint density at radius 2 is 2.29 bits per heavy atom. The molecule has 0 aromatic carbocycles. The number of rotatable bonds is 6. The monoisotopic (exact) mass is 309 g/mol. The molecule has 0 spiro atoms. The second-order valence-corrected chi connectivity index (χ2v) is 5.95. The van der Waals surface area contributed by atoms with Gasteiger partial charge in [-0.3, -0.25) is 4.90 Å². The summed E-state index contributed by atoms with van der Waals surface area (Å²) in [6.07, 6.45) is 2.96. The predicted octanol–water partition coefficient (Wildman–Crippen LogP) is 2.22. The van der Waals surface area contributed by atoms with E-state index in [9.17, 15) is 0 Å². The molecule has 114 valence electrons. The van der Waals surface area contributed by atoms with Gasteiger partial charge in [-0.2, -0.15) is 4.98 Å². The van der Waals surface area contributed by atoms with Gasteiger partial charge < -0.3 is 9.26 Å². The lowest BCUT2D eigenvalue weighted by Gasteiger charge is -2.19. The number of nitrogens with zero attached hydrogens (tertiary/aromatic N) is 5. The summed E-state index contributed by atoms with van der Waals surface area (Å²) >= 11 is 1.50. The van der Waals surface area contributed by atoms with Gasteiger partial charge in [-0.1, -0.05) is 23.4 Å². The van der Waals surface area contributed by atoms with E-state index in [-0.39, 0.29) is 6.04 Å². The summed E-state index contributed by atoms with van der Waals surface area (Å²) in [6, 6.07) is 0.216. The maximum Gasteiger partial charge on any atom is 0.294 e. The summed E-state index contributed by atoms with van der Waals surface area (Å²) in [5.41, 5.74) is 0. The maximum absolute atomic E-state index is 5.37. The van der Waals surface area contributed by atoms with E-state index in [1.807, 2.05) is 13.8 Å². The normalized spacial score (nSPS) is 19.2. The second-order valence-electron chi connectivity index (χ2n) is 4.92. The molecule has 3 rings (SSSR count). The van der Waals surface area contributed by atoms with Crippen molar-refractivity contribution in [3.8, 4) is 5.19 Å². The van der Waals surface area contributed by atoms with Crippen molar-refractivity contribution in [1.29, 1.82) is 0 Å². The average Bonchev–Trinajstić information content (AvgIpc) is 3.20. The second kappa shape index (κ2) is 6.48. The van der Waals surface area contributed by atoms with Crippen LogP contribution < -0.4 is 4.74 Å². The largest absolute Gasteiger partial charge is 0.469 e. The van der Waals surface area contributed by atoms with Gasteiger partial charge in [0.25, 0.3) is 5.19 Å². The highest BCUT2D eigenvalue weighted by molar-refractivity contribution is 7.13. The van der Waals surface area contributed by atoms with Gasteiger partial charge in [-0.05, 0) is 26.3 Å².